The van der Waals surface area contributed by atoms with Crippen LogP contribution in [0.1, 0.15) is 19.3 Å². The normalized spacial score (nSPS) is 40.9. The summed E-state index contributed by atoms with van der Waals surface area (Å²) in [6.45, 7) is 2.57. The minimum Gasteiger partial charge on any atom is -0.374 e. The van der Waals surface area contributed by atoms with Gasteiger partial charge in [0.15, 0.2) is 0 Å². The van der Waals surface area contributed by atoms with Gasteiger partial charge >= 0.3 is 0 Å². The zero-order valence-corrected chi connectivity index (χ0v) is 8.24. The van der Waals surface area contributed by atoms with Crippen LogP contribution in [0.3, 0.4) is 0 Å². The van der Waals surface area contributed by atoms with Crippen LogP contribution >= 0.6 is 0 Å². The van der Waals surface area contributed by atoms with Gasteiger partial charge in [0, 0.05) is 6.54 Å². The van der Waals surface area contributed by atoms with Crippen LogP contribution in [-0.4, -0.2) is 48.7 Å². The molecule has 4 nitrogen and oxygen atoms in total. The molecule has 0 radical (unpaired) electrons. The van der Waals surface area contributed by atoms with Crippen molar-refractivity contribution in [1.29, 1.82) is 0 Å². The second kappa shape index (κ2) is 3.21. The zero-order valence-electron chi connectivity index (χ0n) is 8.24. The van der Waals surface area contributed by atoms with Gasteiger partial charge in [-0.05, 0) is 25.8 Å². The molecule has 3 atom stereocenters. The third-order valence-corrected chi connectivity index (χ3v) is 3.54. The van der Waals surface area contributed by atoms with E-state index in [4.69, 9.17) is 4.74 Å². The first kappa shape index (κ1) is 8.68. The van der Waals surface area contributed by atoms with E-state index >= 15 is 0 Å². The number of nitrogens with one attached hydrogen (secondary N) is 1. The van der Waals surface area contributed by atoms with Crippen LogP contribution in [0.25, 0.3) is 0 Å². The summed E-state index contributed by atoms with van der Waals surface area (Å²) >= 11 is 0. The average molecular weight is 196 g/mol. The van der Waals surface area contributed by atoms with Crippen molar-refractivity contribution in [2.24, 2.45) is 0 Å². The first-order valence-electron chi connectivity index (χ1n) is 5.50. The van der Waals surface area contributed by atoms with E-state index in [0.29, 0.717) is 18.1 Å². The van der Waals surface area contributed by atoms with E-state index in [1.54, 1.807) is 0 Å². The summed E-state index contributed by atoms with van der Waals surface area (Å²) in [5.41, 5.74) is 0. The number of rotatable bonds is 1. The number of ether oxygens (including phenoxy) is 1. The Balaban J connectivity index is 1.67. The van der Waals surface area contributed by atoms with Crippen LogP contribution < -0.4 is 5.32 Å². The standard InChI is InChI=1S/C10H16N2O2/c13-10(9-2-1-3-11-9)12-5-8-4-7(12)6-14-8/h7-9,11H,1-6H2/t7-,8+,9-/m0/s1. The minimum absolute atomic E-state index is 0.0920. The minimum atomic E-state index is 0.0920. The lowest BCUT2D eigenvalue weighted by atomic mass is 10.2. The van der Waals surface area contributed by atoms with Gasteiger partial charge in [-0.25, -0.2) is 0 Å². The highest BCUT2D eigenvalue weighted by Gasteiger charge is 2.43. The molecule has 0 aliphatic carbocycles. The van der Waals surface area contributed by atoms with Crippen LogP contribution in [0.5, 0.6) is 0 Å². The zero-order chi connectivity index (χ0) is 9.54. The number of morpholine rings is 1. The largest absolute Gasteiger partial charge is 0.374 e. The number of amides is 1. The van der Waals surface area contributed by atoms with E-state index in [-0.39, 0.29) is 6.04 Å². The summed E-state index contributed by atoms with van der Waals surface area (Å²) in [4.78, 5) is 14.1. The second-order valence-corrected chi connectivity index (χ2v) is 4.48. The van der Waals surface area contributed by atoms with E-state index in [9.17, 15) is 4.79 Å². The molecular weight excluding hydrogens is 180 g/mol. The molecule has 4 heteroatoms. The third kappa shape index (κ3) is 1.25. The second-order valence-electron chi connectivity index (χ2n) is 4.48. The third-order valence-electron chi connectivity index (χ3n) is 3.54. The lowest BCUT2D eigenvalue weighted by Crippen LogP contribution is -2.49. The number of carbonyl (C=O) groups is 1. The van der Waals surface area contributed by atoms with E-state index in [1.807, 2.05) is 4.90 Å². The molecule has 78 valence electrons. The van der Waals surface area contributed by atoms with Gasteiger partial charge in [-0.15, -0.1) is 0 Å². The molecule has 0 aromatic rings. The van der Waals surface area contributed by atoms with Gasteiger partial charge in [-0.3, -0.25) is 4.79 Å². The van der Waals surface area contributed by atoms with Crippen LogP contribution in [-0.2, 0) is 9.53 Å². The Bertz CT molecular complexity index is 251. The topological polar surface area (TPSA) is 41.6 Å². The molecule has 0 aromatic carbocycles. The van der Waals surface area contributed by atoms with Crippen molar-refractivity contribution in [2.75, 3.05) is 19.7 Å². The molecule has 3 saturated heterocycles. The van der Waals surface area contributed by atoms with Crippen molar-refractivity contribution in [1.82, 2.24) is 10.2 Å². The molecule has 3 fully saturated rings. The summed E-state index contributed by atoms with van der Waals surface area (Å²) in [5, 5.41) is 3.26. The predicted molar refractivity (Wildman–Crippen MR) is 50.9 cm³/mol. The molecule has 2 bridgehead atoms. The molecule has 3 aliphatic rings. The molecule has 0 aromatic heterocycles. The van der Waals surface area contributed by atoms with Gasteiger partial charge < -0.3 is 15.0 Å². The Morgan fingerprint density at radius 2 is 2.43 bits per heavy atom. The maximum atomic E-state index is 12.0. The lowest BCUT2D eigenvalue weighted by Gasteiger charge is -2.29. The Hall–Kier alpha value is -0.610. The van der Waals surface area contributed by atoms with Gasteiger partial charge in [0.05, 0.1) is 24.8 Å². The Labute approximate surface area is 83.6 Å². The summed E-state index contributed by atoms with van der Waals surface area (Å²) < 4.78 is 5.48. The number of fused-ring (bicyclic) bond motifs is 2. The van der Waals surface area contributed by atoms with Gasteiger partial charge in [0.1, 0.15) is 0 Å². The van der Waals surface area contributed by atoms with Gasteiger partial charge in [0.25, 0.3) is 0 Å². The Morgan fingerprint density at radius 1 is 1.50 bits per heavy atom. The summed E-state index contributed by atoms with van der Waals surface area (Å²) in [6, 6.07) is 0.462. The summed E-state index contributed by atoms with van der Waals surface area (Å²) in [7, 11) is 0. The predicted octanol–water partition coefficient (Wildman–Crippen LogP) is -0.262. The molecule has 0 spiro atoms. The van der Waals surface area contributed by atoms with Gasteiger partial charge in [0.2, 0.25) is 5.91 Å². The summed E-state index contributed by atoms with van der Waals surface area (Å²) in [6.07, 6.45) is 3.52. The van der Waals surface area contributed by atoms with Crippen molar-refractivity contribution in [2.45, 2.75) is 37.5 Å². The van der Waals surface area contributed by atoms with Crippen LogP contribution in [0, 0.1) is 0 Å². The van der Waals surface area contributed by atoms with Crippen molar-refractivity contribution in [3.8, 4) is 0 Å². The first-order chi connectivity index (χ1) is 6.84. The SMILES string of the molecule is O=C([C@@H]1CCCN1)N1C[C@H]2C[C@H]1CO2. The number of hydrogen-bond acceptors (Lipinski definition) is 3. The van der Waals surface area contributed by atoms with Crippen molar-refractivity contribution in [3.05, 3.63) is 0 Å². The molecule has 1 N–H and O–H groups in total. The molecule has 0 unspecified atom stereocenters. The van der Waals surface area contributed by atoms with Crippen molar-refractivity contribution < 1.29 is 9.53 Å². The molecule has 3 rings (SSSR count). The molecule has 1 amide bonds. The van der Waals surface area contributed by atoms with Crippen molar-refractivity contribution >= 4 is 5.91 Å². The molecule has 3 aliphatic heterocycles. The quantitative estimate of drug-likeness (QED) is 0.628. The van der Waals surface area contributed by atoms with E-state index in [1.165, 1.54) is 0 Å². The highest BCUT2D eigenvalue weighted by Crippen LogP contribution is 2.28. The fraction of sp³-hybridized carbons (Fsp3) is 0.900. The van der Waals surface area contributed by atoms with Gasteiger partial charge in [-0.2, -0.15) is 0 Å². The van der Waals surface area contributed by atoms with E-state index in [2.05, 4.69) is 5.32 Å². The summed E-state index contributed by atoms with van der Waals surface area (Å²) in [5.74, 6) is 0.304. The highest BCUT2D eigenvalue weighted by atomic mass is 16.5. The average Bonchev–Trinajstić information content (AvgIpc) is 2.93. The maximum Gasteiger partial charge on any atom is 0.240 e. The smallest absolute Gasteiger partial charge is 0.240 e. The van der Waals surface area contributed by atoms with E-state index < -0.39 is 0 Å². The molecule has 14 heavy (non-hydrogen) atoms. The van der Waals surface area contributed by atoms with Crippen LogP contribution in [0.4, 0.5) is 0 Å². The Kier molecular flexibility index (Phi) is 1.99. The number of likely N-dealkylation sites (tertiary alicyclic amines) is 1. The first-order valence-corrected chi connectivity index (χ1v) is 5.50. The van der Waals surface area contributed by atoms with E-state index in [0.717, 1.165) is 39.0 Å². The van der Waals surface area contributed by atoms with Crippen LogP contribution in [0.2, 0.25) is 0 Å². The number of carbonyl (C=O) groups excluding carboxylic acids is 1. The molecule has 0 saturated carbocycles. The molecule has 3 heterocycles. The fourth-order valence-corrected chi connectivity index (χ4v) is 2.77. The van der Waals surface area contributed by atoms with Crippen molar-refractivity contribution in [3.63, 3.8) is 0 Å². The maximum absolute atomic E-state index is 12.0. The number of nitrogens with zero attached hydrogens (tertiary/aromatic N) is 1. The Morgan fingerprint density at radius 3 is 3.00 bits per heavy atom. The fourth-order valence-electron chi connectivity index (χ4n) is 2.77. The van der Waals surface area contributed by atoms with Gasteiger partial charge in [-0.1, -0.05) is 0 Å². The highest BCUT2D eigenvalue weighted by molar-refractivity contribution is 5.83. The lowest BCUT2D eigenvalue weighted by molar-refractivity contribution is -0.137. The molecular formula is C10H16N2O2. The number of hydrogen-bond donors (Lipinski definition) is 1. The van der Waals surface area contributed by atoms with Crippen LogP contribution in [0.15, 0.2) is 0 Å². The monoisotopic (exact) mass is 196 g/mol.